The van der Waals surface area contributed by atoms with Gasteiger partial charge in [-0.15, -0.1) is 0 Å². The van der Waals surface area contributed by atoms with Gasteiger partial charge in [0.15, 0.2) is 11.5 Å². The minimum absolute atomic E-state index is 0.0922. The predicted molar refractivity (Wildman–Crippen MR) is 89.0 cm³/mol. The first-order valence-corrected chi connectivity index (χ1v) is 8.61. The van der Waals surface area contributed by atoms with E-state index in [-0.39, 0.29) is 18.6 Å². The van der Waals surface area contributed by atoms with Crippen LogP contribution in [-0.4, -0.2) is 54.6 Å². The molecule has 0 atom stereocenters. The molecule has 0 aliphatic carbocycles. The molecule has 0 radical (unpaired) electrons. The summed E-state index contributed by atoms with van der Waals surface area (Å²) in [6.45, 7) is 4.81. The first kappa shape index (κ1) is 16.6. The molecular weight excluding hydrogens is 308 g/mol. The van der Waals surface area contributed by atoms with E-state index in [9.17, 15) is 9.59 Å². The van der Waals surface area contributed by atoms with Gasteiger partial charge in [-0.1, -0.05) is 19.4 Å². The van der Waals surface area contributed by atoms with Gasteiger partial charge in [-0.25, -0.2) is 0 Å². The third-order valence-corrected chi connectivity index (χ3v) is 4.52. The Morgan fingerprint density at radius 2 is 1.67 bits per heavy atom. The van der Waals surface area contributed by atoms with E-state index in [1.54, 1.807) is 0 Å². The number of hydrogen-bond donors (Lipinski definition) is 0. The lowest BCUT2D eigenvalue weighted by Gasteiger charge is -2.35. The highest BCUT2D eigenvalue weighted by Crippen LogP contribution is 2.32. The summed E-state index contributed by atoms with van der Waals surface area (Å²) in [7, 11) is 0. The van der Waals surface area contributed by atoms with Crippen LogP contribution in [0, 0.1) is 0 Å². The SMILES string of the molecule is CCCCC(=O)N1CCN(C(=O)Cc2ccc3c(c2)OCO3)CC1. The van der Waals surface area contributed by atoms with Crippen LogP contribution in [0.4, 0.5) is 0 Å². The van der Waals surface area contributed by atoms with Gasteiger partial charge >= 0.3 is 0 Å². The Hall–Kier alpha value is -2.24. The first-order chi connectivity index (χ1) is 11.7. The Balaban J connectivity index is 1.49. The van der Waals surface area contributed by atoms with E-state index in [4.69, 9.17) is 9.47 Å². The zero-order chi connectivity index (χ0) is 16.9. The molecule has 2 aliphatic heterocycles. The second kappa shape index (κ2) is 7.55. The van der Waals surface area contributed by atoms with Crippen molar-refractivity contribution in [3.63, 3.8) is 0 Å². The quantitative estimate of drug-likeness (QED) is 0.825. The summed E-state index contributed by atoms with van der Waals surface area (Å²) in [6.07, 6.45) is 2.92. The molecule has 130 valence electrons. The minimum Gasteiger partial charge on any atom is -0.454 e. The van der Waals surface area contributed by atoms with Crippen LogP contribution in [0.3, 0.4) is 0 Å². The third kappa shape index (κ3) is 3.80. The molecule has 0 N–H and O–H groups in total. The van der Waals surface area contributed by atoms with Gasteiger partial charge in [0.05, 0.1) is 6.42 Å². The van der Waals surface area contributed by atoms with E-state index < -0.39 is 0 Å². The average molecular weight is 332 g/mol. The number of carbonyl (C=O) groups excluding carboxylic acids is 2. The zero-order valence-electron chi connectivity index (χ0n) is 14.1. The van der Waals surface area contributed by atoms with Crippen LogP contribution >= 0.6 is 0 Å². The Morgan fingerprint density at radius 3 is 2.38 bits per heavy atom. The van der Waals surface area contributed by atoms with Crippen LogP contribution < -0.4 is 9.47 Å². The Morgan fingerprint density at radius 1 is 1.00 bits per heavy atom. The van der Waals surface area contributed by atoms with Crippen molar-refractivity contribution in [2.24, 2.45) is 0 Å². The Bertz CT molecular complexity index is 609. The van der Waals surface area contributed by atoms with Crippen LogP contribution in [0.2, 0.25) is 0 Å². The molecule has 0 spiro atoms. The van der Waals surface area contributed by atoms with Gasteiger partial charge in [0.2, 0.25) is 18.6 Å². The lowest BCUT2D eigenvalue weighted by atomic mass is 10.1. The van der Waals surface area contributed by atoms with Gasteiger partial charge in [0, 0.05) is 32.6 Å². The number of ether oxygens (including phenoxy) is 2. The van der Waals surface area contributed by atoms with Crippen molar-refractivity contribution in [1.29, 1.82) is 0 Å². The van der Waals surface area contributed by atoms with Gasteiger partial charge in [-0.2, -0.15) is 0 Å². The van der Waals surface area contributed by atoms with Crippen molar-refractivity contribution < 1.29 is 19.1 Å². The fourth-order valence-electron chi connectivity index (χ4n) is 3.03. The molecule has 6 nitrogen and oxygen atoms in total. The standard InChI is InChI=1S/C18H24N2O4/c1-2-3-4-17(21)19-7-9-20(10-8-19)18(22)12-14-5-6-15-16(11-14)24-13-23-15/h5-6,11H,2-4,7-10,12-13H2,1H3. The fourth-order valence-corrected chi connectivity index (χ4v) is 3.03. The number of unbranched alkanes of at least 4 members (excludes halogenated alkanes) is 1. The van der Waals surface area contributed by atoms with E-state index >= 15 is 0 Å². The van der Waals surface area contributed by atoms with Gasteiger partial charge < -0.3 is 19.3 Å². The first-order valence-electron chi connectivity index (χ1n) is 8.61. The number of rotatable bonds is 5. The summed E-state index contributed by atoms with van der Waals surface area (Å²) in [6, 6.07) is 5.61. The van der Waals surface area contributed by atoms with E-state index in [0.717, 1.165) is 24.2 Å². The number of fused-ring (bicyclic) bond motifs is 1. The molecule has 0 saturated carbocycles. The monoisotopic (exact) mass is 332 g/mol. The maximum Gasteiger partial charge on any atom is 0.231 e. The zero-order valence-corrected chi connectivity index (χ0v) is 14.1. The van der Waals surface area contributed by atoms with Crippen LogP contribution in [0.5, 0.6) is 11.5 Å². The second-order valence-electron chi connectivity index (χ2n) is 6.23. The molecule has 1 aromatic carbocycles. The highest BCUT2D eigenvalue weighted by Gasteiger charge is 2.24. The molecule has 2 amide bonds. The predicted octanol–water partition coefficient (Wildman–Crippen LogP) is 1.82. The van der Waals surface area contributed by atoms with Crippen molar-refractivity contribution in [2.45, 2.75) is 32.6 Å². The van der Waals surface area contributed by atoms with Gasteiger partial charge in [0.1, 0.15) is 0 Å². The highest BCUT2D eigenvalue weighted by atomic mass is 16.7. The molecule has 2 heterocycles. The smallest absolute Gasteiger partial charge is 0.231 e. The Kier molecular flexibility index (Phi) is 5.23. The van der Waals surface area contributed by atoms with Crippen LogP contribution in [0.1, 0.15) is 31.7 Å². The molecule has 3 rings (SSSR count). The molecule has 0 unspecified atom stereocenters. The molecule has 6 heteroatoms. The number of carbonyl (C=O) groups is 2. The summed E-state index contributed by atoms with van der Waals surface area (Å²) in [5.74, 6) is 1.73. The van der Waals surface area contributed by atoms with E-state index in [0.29, 0.717) is 44.8 Å². The van der Waals surface area contributed by atoms with Gasteiger partial charge in [0.25, 0.3) is 0 Å². The van der Waals surface area contributed by atoms with Crippen LogP contribution in [-0.2, 0) is 16.0 Å². The summed E-state index contributed by atoms with van der Waals surface area (Å²) in [5.41, 5.74) is 0.922. The largest absolute Gasteiger partial charge is 0.454 e. The third-order valence-electron chi connectivity index (χ3n) is 4.52. The molecule has 0 bridgehead atoms. The van der Waals surface area contributed by atoms with Crippen molar-refractivity contribution in [3.05, 3.63) is 23.8 Å². The summed E-state index contributed by atoms with van der Waals surface area (Å²) >= 11 is 0. The lowest BCUT2D eigenvalue weighted by molar-refractivity contribution is -0.139. The van der Waals surface area contributed by atoms with E-state index in [2.05, 4.69) is 6.92 Å². The van der Waals surface area contributed by atoms with E-state index in [1.807, 2.05) is 28.0 Å². The number of amides is 2. The van der Waals surface area contributed by atoms with Gasteiger partial charge in [-0.05, 0) is 24.1 Å². The minimum atomic E-state index is 0.0922. The average Bonchev–Trinajstić information content (AvgIpc) is 3.07. The summed E-state index contributed by atoms with van der Waals surface area (Å²) < 4.78 is 10.6. The molecule has 24 heavy (non-hydrogen) atoms. The van der Waals surface area contributed by atoms with Gasteiger partial charge in [-0.3, -0.25) is 9.59 Å². The van der Waals surface area contributed by atoms with Crippen molar-refractivity contribution in [1.82, 2.24) is 9.80 Å². The van der Waals surface area contributed by atoms with Crippen LogP contribution in [0.25, 0.3) is 0 Å². The Labute approximate surface area is 142 Å². The number of nitrogens with zero attached hydrogens (tertiary/aromatic N) is 2. The van der Waals surface area contributed by atoms with Crippen molar-refractivity contribution in [2.75, 3.05) is 33.0 Å². The van der Waals surface area contributed by atoms with Crippen LogP contribution in [0.15, 0.2) is 18.2 Å². The molecule has 1 fully saturated rings. The maximum absolute atomic E-state index is 12.5. The molecular formula is C18H24N2O4. The highest BCUT2D eigenvalue weighted by molar-refractivity contribution is 5.80. The fraction of sp³-hybridized carbons (Fsp3) is 0.556. The normalized spacial score (nSPS) is 16.4. The lowest BCUT2D eigenvalue weighted by Crippen LogP contribution is -2.50. The summed E-state index contributed by atoms with van der Waals surface area (Å²) in [5, 5.41) is 0. The molecule has 1 aromatic rings. The number of piperazine rings is 1. The summed E-state index contributed by atoms with van der Waals surface area (Å²) in [4.78, 5) is 28.2. The maximum atomic E-state index is 12.5. The number of benzene rings is 1. The molecule has 1 saturated heterocycles. The second-order valence-corrected chi connectivity index (χ2v) is 6.23. The molecule has 2 aliphatic rings. The number of hydrogen-bond acceptors (Lipinski definition) is 4. The van der Waals surface area contributed by atoms with Crippen molar-refractivity contribution in [3.8, 4) is 11.5 Å². The topological polar surface area (TPSA) is 59.1 Å². The molecule has 0 aromatic heterocycles. The van der Waals surface area contributed by atoms with Crippen molar-refractivity contribution >= 4 is 11.8 Å². The van der Waals surface area contributed by atoms with E-state index in [1.165, 1.54) is 0 Å².